The van der Waals surface area contributed by atoms with E-state index < -0.39 is 17.7 Å². The highest BCUT2D eigenvalue weighted by Gasteiger charge is 2.21. The highest BCUT2D eigenvalue weighted by atomic mass is 19.1. The molecular formula is C37H48F2N8O4. The molecule has 274 valence electrons. The fraction of sp³-hybridized carbons (Fsp3) is 0.405. The van der Waals surface area contributed by atoms with Gasteiger partial charge < -0.3 is 24.4 Å². The molecule has 51 heavy (non-hydrogen) atoms. The Kier molecular flexibility index (Phi) is 14.7. The molecule has 4 heterocycles. The zero-order valence-corrected chi connectivity index (χ0v) is 29.9. The quantitative estimate of drug-likeness (QED) is 0.237. The van der Waals surface area contributed by atoms with Crippen LogP contribution in [0.15, 0.2) is 90.5 Å². The number of aryl methyl sites for hydroxylation is 1. The molecule has 0 radical (unpaired) electrons. The van der Waals surface area contributed by atoms with Crippen molar-refractivity contribution in [3.05, 3.63) is 113 Å². The van der Waals surface area contributed by atoms with Crippen molar-refractivity contribution in [1.29, 1.82) is 0 Å². The Morgan fingerprint density at radius 3 is 1.98 bits per heavy atom. The van der Waals surface area contributed by atoms with Crippen LogP contribution in [0.1, 0.15) is 45.3 Å². The van der Waals surface area contributed by atoms with Gasteiger partial charge >= 0.3 is 5.69 Å². The summed E-state index contributed by atoms with van der Waals surface area (Å²) in [5.74, 6) is -0.181. The molecule has 0 unspecified atom stereocenters. The number of methoxy groups -OCH3 is 1. The average molecular weight is 707 g/mol. The van der Waals surface area contributed by atoms with Crippen molar-refractivity contribution in [3.63, 3.8) is 0 Å². The lowest BCUT2D eigenvalue weighted by molar-refractivity contribution is 0.109. The van der Waals surface area contributed by atoms with Crippen LogP contribution in [0.3, 0.4) is 0 Å². The number of aliphatic hydroxyl groups is 1. The van der Waals surface area contributed by atoms with Crippen LogP contribution in [0.4, 0.5) is 20.2 Å². The SMILES string of the molecule is CC.COc1ccc(N2CCN(c3ccc(-n4cnn(C[C@H](C)O)c4=O)cc3)CC2)cc1.Cn1cncn1.Fc1ccc([C@H]2CCCO2)c(F)c1. The Balaban J connectivity index is 0.000000226. The zero-order chi connectivity index (χ0) is 36.8. The van der Waals surface area contributed by atoms with E-state index >= 15 is 0 Å². The highest BCUT2D eigenvalue weighted by Crippen LogP contribution is 2.30. The number of ether oxygens (including phenoxy) is 2. The lowest BCUT2D eigenvalue weighted by Gasteiger charge is -2.37. The second kappa shape index (κ2) is 19.3. The smallest absolute Gasteiger partial charge is 0.350 e. The maximum atomic E-state index is 13.2. The molecule has 2 aliphatic rings. The molecule has 0 amide bonds. The van der Waals surface area contributed by atoms with Crippen molar-refractivity contribution in [2.75, 3.05) is 49.7 Å². The molecule has 2 aliphatic heterocycles. The number of piperazine rings is 1. The van der Waals surface area contributed by atoms with Gasteiger partial charge in [0.2, 0.25) is 0 Å². The molecule has 0 aliphatic carbocycles. The van der Waals surface area contributed by atoms with Gasteiger partial charge in [0.05, 0.1) is 31.5 Å². The molecular weight excluding hydrogens is 658 g/mol. The minimum atomic E-state index is -0.620. The van der Waals surface area contributed by atoms with E-state index in [1.807, 2.05) is 57.3 Å². The third-order valence-corrected chi connectivity index (χ3v) is 8.15. The molecule has 3 aromatic carbocycles. The van der Waals surface area contributed by atoms with Crippen LogP contribution in [-0.4, -0.2) is 80.2 Å². The fourth-order valence-corrected chi connectivity index (χ4v) is 5.58. The standard InChI is InChI=1S/C22H27N5O3.C10H10F2O.C3H5N3.C2H6/c1-17(28)15-27-22(29)26(16-23-27)20-5-3-18(4-6-20)24-11-13-25(14-12-24)19-7-9-21(30-2)10-8-19;11-7-3-4-8(9(12)6-7)10-2-1-5-13-10;1-6-3-4-2-5-6;1-2/h3-10,16-17,28H,11-15H2,1-2H3;3-4,6,10H,1-2,5H2;2-3H,1H3;1-2H3/t17-;10-;;/m01../s1. The van der Waals surface area contributed by atoms with Gasteiger partial charge in [0.15, 0.2) is 0 Å². The molecule has 7 rings (SSSR count). The van der Waals surface area contributed by atoms with Crippen LogP contribution < -0.4 is 20.2 Å². The Morgan fingerprint density at radius 2 is 1.51 bits per heavy atom. The molecule has 12 nitrogen and oxygen atoms in total. The predicted molar refractivity (Wildman–Crippen MR) is 194 cm³/mol. The van der Waals surface area contributed by atoms with E-state index in [4.69, 9.17) is 9.47 Å². The lowest BCUT2D eigenvalue weighted by Crippen LogP contribution is -2.46. The van der Waals surface area contributed by atoms with Gasteiger partial charge in [-0.1, -0.05) is 19.9 Å². The van der Waals surface area contributed by atoms with Gasteiger partial charge in [-0.3, -0.25) is 4.68 Å². The van der Waals surface area contributed by atoms with E-state index in [0.717, 1.165) is 62.2 Å². The first kappa shape index (κ1) is 38.7. The summed E-state index contributed by atoms with van der Waals surface area (Å²) in [6.45, 7) is 10.2. The van der Waals surface area contributed by atoms with Crippen LogP contribution >= 0.6 is 0 Å². The molecule has 5 aromatic rings. The summed E-state index contributed by atoms with van der Waals surface area (Å²) < 4.78 is 40.7. The van der Waals surface area contributed by atoms with Gasteiger partial charge in [0.25, 0.3) is 0 Å². The first-order valence-electron chi connectivity index (χ1n) is 17.1. The molecule has 14 heteroatoms. The Morgan fingerprint density at radius 1 is 0.902 bits per heavy atom. The van der Waals surface area contributed by atoms with Gasteiger partial charge in [-0.15, -0.1) is 0 Å². The number of nitrogens with zero attached hydrogens (tertiary/aromatic N) is 8. The second-order valence-electron chi connectivity index (χ2n) is 11.7. The molecule has 0 bridgehead atoms. The Hall–Kier alpha value is -5.08. The second-order valence-corrected chi connectivity index (χ2v) is 11.7. The van der Waals surface area contributed by atoms with Gasteiger partial charge in [0, 0.05) is 62.8 Å². The van der Waals surface area contributed by atoms with Crippen molar-refractivity contribution < 1.29 is 23.4 Å². The number of halogens is 2. The van der Waals surface area contributed by atoms with E-state index in [-0.39, 0.29) is 18.3 Å². The van der Waals surface area contributed by atoms with E-state index in [9.17, 15) is 18.7 Å². The van der Waals surface area contributed by atoms with Gasteiger partial charge in [-0.25, -0.2) is 27.8 Å². The molecule has 2 atom stereocenters. The minimum Gasteiger partial charge on any atom is -0.497 e. The summed E-state index contributed by atoms with van der Waals surface area (Å²) >= 11 is 0. The number of benzene rings is 3. The number of rotatable bonds is 7. The summed E-state index contributed by atoms with van der Waals surface area (Å²) in [5.41, 5.74) is 3.32. The molecule has 2 aromatic heterocycles. The molecule has 2 saturated heterocycles. The van der Waals surface area contributed by atoms with Crippen molar-refractivity contribution in [1.82, 2.24) is 29.1 Å². The van der Waals surface area contributed by atoms with Crippen molar-refractivity contribution >= 4 is 11.4 Å². The number of hydrogen-bond donors (Lipinski definition) is 1. The maximum absolute atomic E-state index is 13.2. The van der Waals surface area contributed by atoms with Gasteiger partial charge in [-0.2, -0.15) is 10.2 Å². The number of aromatic nitrogens is 6. The van der Waals surface area contributed by atoms with Crippen molar-refractivity contribution in [3.8, 4) is 11.4 Å². The monoisotopic (exact) mass is 706 g/mol. The van der Waals surface area contributed by atoms with Crippen molar-refractivity contribution in [2.24, 2.45) is 7.05 Å². The zero-order valence-electron chi connectivity index (χ0n) is 29.9. The minimum absolute atomic E-state index is 0.180. The third-order valence-electron chi connectivity index (χ3n) is 8.15. The van der Waals surface area contributed by atoms with Crippen LogP contribution in [0, 0.1) is 11.6 Å². The van der Waals surface area contributed by atoms with Gasteiger partial charge in [0.1, 0.15) is 36.4 Å². The van der Waals surface area contributed by atoms with Crippen LogP contribution in [0.25, 0.3) is 5.69 Å². The van der Waals surface area contributed by atoms with Crippen LogP contribution in [-0.2, 0) is 18.3 Å². The van der Waals surface area contributed by atoms with E-state index in [2.05, 4.69) is 37.1 Å². The summed E-state index contributed by atoms with van der Waals surface area (Å²) in [6, 6.07) is 19.7. The van der Waals surface area contributed by atoms with E-state index in [0.29, 0.717) is 12.2 Å². The van der Waals surface area contributed by atoms with Crippen LogP contribution in [0.2, 0.25) is 0 Å². The summed E-state index contributed by atoms with van der Waals surface area (Å²) in [6.07, 6.45) is 5.60. The average Bonchev–Trinajstić information content (AvgIpc) is 3.94. The van der Waals surface area contributed by atoms with E-state index in [1.54, 1.807) is 25.0 Å². The number of aliphatic hydroxyl groups excluding tert-OH is 1. The van der Waals surface area contributed by atoms with Crippen molar-refractivity contribution in [2.45, 2.75) is 52.4 Å². The highest BCUT2D eigenvalue weighted by molar-refractivity contribution is 5.54. The molecule has 0 saturated carbocycles. The Bertz CT molecular complexity index is 1780. The molecule has 0 spiro atoms. The summed E-state index contributed by atoms with van der Waals surface area (Å²) in [5, 5.41) is 17.3. The first-order chi connectivity index (χ1) is 24.7. The first-order valence-corrected chi connectivity index (χ1v) is 17.1. The molecule has 2 fully saturated rings. The normalized spacial score (nSPS) is 15.8. The Labute approximate surface area is 297 Å². The lowest BCUT2D eigenvalue weighted by atomic mass is 10.1. The summed E-state index contributed by atoms with van der Waals surface area (Å²) in [4.78, 5) is 20.8. The largest absolute Gasteiger partial charge is 0.497 e. The predicted octanol–water partition coefficient (Wildman–Crippen LogP) is 5.41. The topological polar surface area (TPSA) is 116 Å². The number of anilines is 2. The fourth-order valence-electron chi connectivity index (χ4n) is 5.58. The van der Waals surface area contributed by atoms with Gasteiger partial charge in [-0.05, 0) is 74.4 Å². The maximum Gasteiger partial charge on any atom is 0.350 e. The number of hydrogen-bond acceptors (Lipinski definition) is 9. The molecule has 1 N–H and O–H groups in total. The summed E-state index contributed by atoms with van der Waals surface area (Å²) in [7, 11) is 3.50. The third kappa shape index (κ3) is 11.0. The van der Waals surface area contributed by atoms with Crippen LogP contribution in [0.5, 0.6) is 5.75 Å². The van der Waals surface area contributed by atoms with E-state index in [1.165, 1.54) is 39.7 Å².